The van der Waals surface area contributed by atoms with E-state index in [2.05, 4.69) is 17.6 Å². The number of ketones is 1. The van der Waals surface area contributed by atoms with E-state index >= 15 is 0 Å². The van der Waals surface area contributed by atoms with Crippen molar-refractivity contribution in [2.24, 2.45) is 0 Å². The molecule has 96 valence electrons. The molecule has 0 aromatic rings. The molecule has 4 heteroatoms. The molecule has 0 aromatic heterocycles. The molecule has 1 aliphatic heterocycles. The Balaban J connectivity index is 2.64. The highest BCUT2D eigenvalue weighted by Crippen LogP contribution is 2.18. The third-order valence-electron chi connectivity index (χ3n) is 3.08. The molecule has 0 aromatic carbocycles. The van der Waals surface area contributed by atoms with Crippen LogP contribution in [0.25, 0.3) is 0 Å². The predicted octanol–water partition coefficient (Wildman–Crippen LogP) is 2.50. The zero-order valence-electron chi connectivity index (χ0n) is 10.9. The van der Waals surface area contributed by atoms with Crippen molar-refractivity contribution in [3.63, 3.8) is 0 Å². The summed E-state index contributed by atoms with van der Waals surface area (Å²) in [5, 5.41) is 5.48. The number of nitrogens with one attached hydrogen (secondary N) is 2. The maximum atomic E-state index is 11.6. The summed E-state index contributed by atoms with van der Waals surface area (Å²) >= 11 is 0. The number of rotatable bonds is 6. The fourth-order valence-corrected chi connectivity index (χ4v) is 2.27. The molecule has 0 aliphatic carbocycles. The minimum atomic E-state index is -0.201. The van der Waals surface area contributed by atoms with E-state index in [1.165, 1.54) is 12.8 Å². The molecule has 4 nitrogen and oxygen atoms in total. The van der Waals surface area contributed by atoms with Crippen LogP contribution in [-0.4, -0.2) is 17.9 Å². The number of urea groups is 1. The first kappa shape index (κ1) is 13.7. The fourth-order valence-electron chi connectivity index (χ4n) is 2.27. The highest BCUT2D eigenvalue weighted by molar-refractivity contribution is 5.98. The van der Waals surface area contributed by atoms with Gasteiger partial charge in [0.15, 0.2) is 5.78 Å². The van der Waals surface area contributed by atoms with Crippen molar-refractivity contribution < 1.29 is 9.59 Å². The van der Waals surface area contributed by atoms with Gasteiger partial charge in [0.25, 0.3) is 0 Å². The third-order valence-corrected chi connectivity index (χ3v) is 3.08. The van der Waals surface area contributed by atoms with Gasteiger partial charge >= 0.3 is 6.03 Å². The Morgan fingerprint density at radius 3 is 2.59 bits per heavy atom. The topological polar surface area (TPSA) is 58.2 Å². The van der Waals surface area contributed by atoms with Crippen LogP contribution in [0.2, 0.25) is 0 Å². The van der Waals surface area contributed by atoms with Crippen molar-refractivity contribution in [2.45, 2.75) is 58.9 Å². The van der Waals surface area contributed by atoms with E-state index in [1.54, 1.807) is 13.8 Å². The number of hydrogen-bond donors (Lipinski definition) is 2. The van der Waals surface area contributed by atoms with Crippen LogP contribution in [0.4, 0.5) is 4.79 Å². The van der Waals surface area contributed by atoms with Crippen molar-refractivity contribution in [3.05, 3.63) is 11.3 Å². The number of amides is 2. The van der Waals surface area contributed by atoms with Crippen molar-refractivity contribution >= 4 is 11.8 Å². The van der Waals surface area contributed by atoms with Gasteiger partial charge in [0.1, 0.15) is 0 Å². The lowest BCUT2D eigenvalue weighted by Gasteiger charge is -2.27. The van der Waals surface area contributed by atoms with Crippen LogP contribution in [-0.2, 0) is 4.79 Å². The normalized spacial score (nSPS) is 19.9. The first-order chi connectivity index (χ1) is 8.06. The third kappa shape index (κ3) is 3.88. The first-order valence-electron chi connectivity index (χ1n) is 6.35. The van der Waals surface area contributed by atoms with Crippen LogP contribution in [0.5, 0.6) is 0 Å². The van der Waals surface area contributed by atoms with E-state index in [0.717, 1.165) is 24.8 Å². The second-order valence-corrected chi connectivity index (χ2v) is 4.60. The highest BCUT2D eigenvalue weighted by Gasteiger charge is 2.26. The number of unbranched alkanes of at least 4 members (excludes halogenated alkanes) is 3. The Kier molecular flexibility index (Phi) is 5.19. The SMILES string of the molecule is CCCCCCC1NC(=O)NC(C)=C1C(C)=O. The van der Waals surface area contributed by atoms with Gasteiger partial charge in [0, 0.05) is 11.3 Å². The number of carbonyl (C=O) groups excluding carboxylic acids is 2. The average Bonchev–Trinajstić information content (AvgIpc) is 2.22. The Hall–Kier alpha value is -1.32. The quantitative estimate of drug-likeness (QED) is 0.698. The van der Waals surface area contributed by atoms with Crippen molar-refractivity contribution in [1.82, 2.24) is 10.6 Å². The van der Waals surface area contributed by atoms with Crippen LogP contribution in [0.3, 0.4) is 0 Å². The first-order valence-corrected chi connectivity index (χ1v) is 6.35. The van der Waals surface area contributed by atoms with Gasteiger partial charge in [-0.25, -0.2) is 4.79 Å². The molecule has 1 rings (SSSR count). The van der Waals surface area contributed by atoms with E-state index in [0.29, 0.717) is 5.70 Å². The molecule has 0 radical (unpaired) electrons. The second kappa shape index (κ2) is 6.42. The molecule has 0 bridgehead atoms. The van der Waals surface area contributed by atoms with Crippen LogP contribution in [0, 0.1) is 0 Å². The number of allylic oxidation sites excluding steroid dienone is 1. The maximum Gasteiger partial charge on any atom is 0.319 e. The molecule has 0 fully saturated rings. The van der Waals surface area contributed by atoms with Crippen molar-refractivity contribution in [2.75, 3.05) is 0 Å². The maximum absolute atomic E-state index is 11.6. The van der Waals surface area contributed by atoms with Gasteiger partial charge in [-0.1, -0.05) is 32.6 Å². The molecule has 0 saturated carbocycles. The standard InChI is InChI=1S/C13H22N2O2/c1-4-5-6-7-8-11-12(10(3)16)9(2)14-13(17)15-11/h11H,4-8H2,1-3H3,(H2,14,15,17). The van der Waals surface area contributed by atoms with Gasteiger partial charge in [-0.15, -0.1) is 0 Å². The monoisotopic (exact) mass is 238 g/mol. The van der Waals surface area contributed by atoms with Crippen LogP contribution >= 0.6 is 0 Å². The Morgan fingerprint density at radius 2 is 2.00 bits per heavy atom. The Bertz CT molecular complexity index is 334. The van der Waals surface area contributed by atoms with Gasteiger partial charge in [0.2, 0.25) is 0 Å². The zero-order valence-corrected chi connectivity index (χ0v) is 10.9. The van der Waals surface area contributed by atoms with E-state index in [9.17, 15) is 9.59 Å². The summed E-state index contributed by atoms with van der Waals surface area (Å²) in [7, 11) is 0. The zero-order chi connectivity index (χ0) is 12.8. The molecule has 1 unspecified atom stereocenters. The lowest BCUT2D eigenvalue weighted by atomic mass is 9.94. The molecular weight excluding hydrogens is 216 g/mol. The Morgan fingerprint density at radius 1 is 1.29 bits per heavy atom. The van der Waals surface area contributed by atoms with E-state index in [-0.39, 0.29) is 17.9 Å². The van der Waals surface area contributed by atoms with E-state index in [1.807, 2.05) is 0 Å². The van der Waals surface area contributed by atoms with Crippen LogP contribution < -0.4 is 10.6 Å². The number of hydrogen-bond acceptors (Lipinski definition) is 2. The van der Waals surface area contributed by atoms with Gasteiger partial charge in [0.05, 0.1) is 6.04 Å². The van der Waals surface area contributed by atoms with Gasteiger partial charge in [-0.2, -0.15) is 0 Å². The average molecular weight is 238 g/mol. The summed E-state index contributed by atoms with van der Waals surface area (Å²) in [6, 6.07) is -0.314. The lowest BCUT2D eigenvalue weighted by Crippen LogP contribution is -2.49. The summed E-state index contributed by atoms with van der Waals surface area (Å²) in [5.41, 5.74) is 1.42. The van der Waals surface area contributed by atoms with Crippen LogP contribution in [0.1, 0.15) is 52.9 Å². The number of Topliss-reactive ketones (excluding diaryl/α,β-unsaturated/α-hetero) is 1. The fraction of sp³-hybridized carbons (Fsp3) is 0.692. The molecule has 0 spiro atoms. The van der Waals surface area contributed by atoms with Crippen LogP contribution in [0.15, 0.2) is 11.3 Å². The summed E-state index contributed by atoms with van der Waals surface area (Å²) < 4.78 is 0. The second-order valence-electron chi connectivity index (χ2n) is 4.60. The van der Waals surface area contributed by atoms with Crippen molar-refractivity contribution in [3.8, 4) is 0 Å². The highest BCUT2D eigenvalue weighted by atomic mass is 16.2. The minimum Gasteiger partial charge on any atom is -0.331 e. The summed E-state index contributed by atoms with van der Waals surface area (Å²) in [6.45, 7) is 5.50. The van der Waals surface area contributed by atoms with Gasteiger partial charge < -0.3 is 10.6 Å². The van der Waals surface area contributed by atoms with Crippen molar-refractivity contribution in [1.29, 1.82) is 0 Å². The lowest BCUT2D eigenvalue weighted by molar-refractivity contribution is -0.114. The molecule has 2 N–H and O–H groups in total. The smallest absolute Gasteiger partial charge is 0.319 e. The molecular formula is C13H22N2O2. The summed E-state index contributed by atoms with van der Waals surface area (Å²) in [5.74, 6) is 0.0375. The number of carbonyl (C=O) groups is 2. The van der Waals surface area contributed by atoms with Gasteiger partial charge in [-0.3, -0.25) is 4.79 Å². The molecule has 2 amide bonds. The molecule has 1 heterocycles. The summed E-state index contributed by atoms with van der Waals surface area (Å²) in [4.78, 5) is 22.9. The minimum absolute atomic E-state index is 0.0375. The van der Waals surface area contributed by atoms with Gasteiger partial charge in [-0.05, 0) is 20.3 Å². The largest absolute Gasteiger partial charge is 0.331 e. The summed E-state index contributed by atoms with van der Waals surface area (Å²) in [6.07, 6.45) is 5.44. The molecule has 1 atom stereocenters. The molecule has 1 aliphatic rings. The van der Waals surface area contributed by atoms with E-state index < -0.39 is 0 Å². The molecule has 17 heavy (non-hydrogen) atoms. The van der Waals surface area contributed by atoms with E-state index in [4.69, 9.17) is 0 Å². The predicted molar refractivity (Wildman–Crippen MR) is 67.6 cm³/mol. The Labute approximate surface area is 103 Å². The molecule has 0 saturated heterocycles.